The molecule has 0 radical (unpaired) electrons. The van der Waals surface area contributed by atoms with Crippen molar-refractivity contribution in [3.05, 3.63) is 38.7 Å². The van der Waals surface area contributed by atoms with Crippen molar-refractivity contribution < 1.29 is 18.3 Å². The molecule has 0 aliphatic rings. The number of hydrogen-bond donors (Lipinski definition) is 0. The van der Waals surface area contributed by atoms with E-state index >= 15 is 0 Å². The molecule has 0 spiro atoms. The van der Waals surface area contributed by atoms with E-state index in [2.05, 4.69) is 21.0 Å². The van der Waals surface area contributed by atoms with Crippen LogP contribution in [0.3, 0.4) is 0 Å². The van der Waals surface area contributed by atoms with Crippen LogP contribution in [0.15, 0.2) is 27.5 Å². The molecule has 0 N–H and O–H groups in total. The van der Waals surface area contributed by atoms with Crippen LogP contribution in [0.4, 0.5) is 8.78 Å². The monoisotopic (exact) mass is 360 g/mol. The summed E-state index contributed by atoms with van der Waals surface area (Å²) in [6.07, 6.45) is -2.86. The summed E-state index contributed by atoms with van der Waals surface area (Å²) in [7, 11) is 0. The number of alkyl halides is 2. The third kappa shape index (κ3) is 3.26. The molecule has 0 amide bonds. The van der Waals surface area contributed by atoms with E-state index in [1.165, 1.54) is 12.1 Å². The van der Waals surface area contributed by atoms with Gasteiger partial charge in [-0.25, -0.2) is 13.5 Å². The Hall–Kier alpha value is -1.83. The van der Waals surface area contributed by atoms with E-state index in [9.17, 15) is 18.4 Å². The number of hydrogen-bond acceptors (Lipinski definition) is 4. The van der Waals surface area contributed by atoms with Gasteiger partial charge in [-0.2, -0.15) is 5.10 Å². The molecule has 1 aromatic heterocycles. The summed E-state index contributed by atoms with van der Waals surface area (Å²) >= 11 is 3.16. The fourth-order valence-corrected chi connectivity index (χ4v) is 2.24. The summed E-state index contributed by atoms with van der Waals surface area (Å²) in [5.74, 6) is -0.705. The topological polar surface area (TPSA) is 61.2 Å². The number of aromatic nitrogens is 2. The lowest BCUT2D eigenvalue weighted by molar-refractivity contribution is -0.144. The maximum Gasteiger partial charge on any atom is 0.327 e. The molecule has 0 aliphatic heterocycles. The molecule has 0 aliphatic carbocycles. The Morgan fingerprint density at radius 2 is 2.14 bits per heavy atom. The van der Waals surface area contributed by atoms with Gasteiger partial charge in [0.15, 0.2) is 0 Å². The number of fused-ring (bicyclic) bond motifs is 1. The van der Waals surface area contributed by atoms with E-state index in [0.29, 0.717) is 9.15 Å². The van der Waals surface area contributed by atoms with Gasteiger partial charge in [0.1, 0.15) is 12.2 Å². The number of carbonyl (C=O) groups excluding carboxylic acids is 1. The van der Waals surface area contributed by atoms with Gasteiger partial charge in [-0.05, 0) is 25.1 Å². The van der Waals surface area contributed by atoms with Crippen LogP contribution in [-0.4, -0.2) is 22.4 Å². The largest absolute Gasteiger partial charge is 0.465 e. The Morgan fingerprint density at radius 1 is 1.43 bits per heavy atom. The Balaban J connectivity index is 2.63. The van der Waals surface area contributed by atoms with E-state index in [4.69, 9.17) is 4.74 Å². The van der Waals surface area contributed by atoms with Crippen molar-refractivity contribution in [2.75, 3.05) is 6.61 Å². The number of benzene rings is 1. The van der Waals surface area contributed by atoms with E-state index < -0.39 is 30.2 Å². The normalized spacial score (nSPS) is 11.1. The van der Waals surface area contributed by atoms with Crippen LogP contribution in [0.25, 0.3) is 10.8 Å². The first-order valence-corrected chi connectivity index (χ1v) is 6.87. The van der Waals surface area contributed by atoms with Gasteiger partial charge in [-0.3, -0.25) is 9.59 Å². The van der Waals surface area contributed by atoms with Gasteiger partial charge in [0, 0.05) is 9.86 Å². The zero-order chi connectivity index (χ0) is 15.6. The fraction of sp³-hybridized carbons (Fsp3) is 0.308. The average molecular weight is 361 g/mol. The van der Waals surface area contributed by atoms with Gasteiger partial charge in [0.05, 0.1) is 12.0 Å². The lowest BCUT2D eigenvalue weighted by Gasteiger charge is -2.10. The molecule has 0 fully saturated rings. The summed E-state index contributed by atoms with van der Waals surface area (Å²) in [4.78, 5) is 23.6. The van der Waals surface area contributed by atoms with Crippen LogP contribution in [0.2, 0.25) is 0 Å². The molecule has 0 saturated heterocycles. The molecule has 1 heterocycles. The van der Waals surface area contributed by atoms with Gasteiger partial charge < -0.3 is 4.74 Å². The van der Waals surface area contributed by atoms with Crippen LogP contribution >= 0.6 is 15.9 Å². The molecule has 112 valence electrons. The molecule has 21 heavy (non-hydrogen) atoms. The van der Waals surface area contributed by atoms with E-state index in [1.54, 1.807) is 13.0 Å². The summed E-state index contributed by atoms with van der Waals surface area (Å²) in [6, 6.07) is 4.38. The highest BCUT2D eigenvalue weighted by Crippen LogP contribution is 2.26. The summed E-state index contributed by atoms with van der Waals surface area (Å²) in [6.45, 7) is 1.24. The fourth-order valence-electron chi connectivity index (χ4n) is 1.88. The first-order chi connectivity index (χ1) is 9.93. The number of esters is 1. The number of rotatable bonds is 4. The highest BCUT2D eigenvalue weighted by molar-refractivity contribution is 9.10. The Labute approximate surface area is 126 Å². The third-order valence-electron chi connectivity index (χ3n) is 2.74. The van der Waals surface area contributed by atoms with Crippen LogP contribution in [0.5, 0.6) is 0 Å². The first kappa shape index (κ1) is 15.6. The standard InChI is InChI=1S/C13H11BrF2N2O3/c1-2-21-10(19)6-18-13(20)8-4-3-7(14)5-9(8)11(17-18)12(15)16/h3-5,12H,2,6H2,1H3. The van der Waals surface area contributed by atoms with E-state index in [-0.39, 0.29) is 17.4 Å². The number of ether oxygens (including phenoxy) is 1. The minimum absolute atomic E-state index is 0.0597. The highest BCUT2D eigenvalue weighted by Gasteiger charge is 2.19. The van der Waals surface area contributed by atoms with Gasteiger partial charge in [-0.1, -0.05) is 15.9 Å². The van der Waals surface area contributed by atoms with Gasteiger partial charge in [0.25, 0.3) is 12.0 Å². The van der Waals surface area contributed by atoms with Gasteiger partial charge in [-0.15, -0.1) is 0 Å². The number of nitrogens with zero attached hydrogens (tertiary/aromatic N) is 2. The molecule has 2 aromatic rings. The number of carbonyl (C=O) groups is 1. The van der Waals surface area contributed by atoms with Crippen molar-refractivity contribution in [3.63, 3.8) is 0 Å². The summed E-state index contributed by atoms with van der Waals surface area (Å²) in [5.41, 5.74) is -1.16. The molecule has 5 nitrogen and oxygen atoms in total. The third-order valence-corrected chi connectivity index (χ3v) is 3.23. The van der Waals surface area contributed by atoms with Crippen molar-refractivity contribution >= 4 is 32.7 Å². The molecule has 1 aromatic carbocycles. The van der Waals surface area contributed by atoms with Crippen LogP contribution in [0.1, 0.15) is 19.0 Å². The predicted molar refractivity (Wildman–Crippen MR) is 75.3 cm³/mol. The summed E-state index contributed by atoms with van der Waals surface area (Å²) < 4.78 is 32.2. The SMILES string of the molecule is CCOC(=O)Cn1nc(C(F)F)c2cc(Br)ccc2c1=O. The molecule has 0 bridgehead atoms. The minimum atomic E-state index is -2.86. The first-order valence-electron chi connectivity index (χ1n) is 6.08. The van der Waals surface area contributed by atoms with Crippen LogP contribution in [0, 0.1) is 0 Å². The van der Waals surface area contributed by atoms with Crippen LogP contribution < -0.4 is 5.56 Å². The van der Waals surface area contributed by atoms with Crippen molar-refractivity contribution in [2.24, 2.45) is 0 Å². The molecule has 8 heteroatoms. The molecule has 0 saturated carbocycles. The average Bonchev–Trinajstić information content (AvgIpc) is 2.41. The van der Waals surface area contributed by atoms with Gasteiger partial charge >= 0.3 is 5.97 Å². The molecular formula is C13H11BrF2N2O3. The maximum absolute atomic E-state index is 13.1. The molecule has 2 rings (SSSR count). The Bertz CT molecular complexity index is 746. The molecule has 0 unspecified atom stereocenters. The van der Waals surface area contributed by atoms with Crippen molar-refractivity contribution in [3.8, 4) is 0 Å². The Morgan fingerprint density at radius 3 is 2.76 bits per heavy atom. The number of halogens is 3. The van der Waals surface area contributed by atoms with Crippen molar-refractivity contribution in [2.45, 2.75) is 19.9 Å². The molecule has 0 atom stereocenters. The lowest BCUT2D eigenvalue weighted by atomic mass is 10.1. The minimum Gasteiger partial charge on any atom is -0.465 e. The smallest absolute Gasteiger partial charge is 0.327 e. The molecular weight excluding hydrogens is 350 g/mol. The quantitative estimate of drug-likeness (QED) is 0.786. The highest BCUT2D eigenvalue weighted by atomic mass is 79.9. The second-order valence-corrected chi connectivity index (χ2v) is 5.06. The van der Waals surface area contributed by atoms with E-state index in [0.717, 1.165) is 0 Å². The van der Waals surface area contributed by atoms with Crippen molar-refractivity contribution in [1.82, 2.24) is 9.78 Å². The summed E-state index contributed by atoms with van der Waals surface area (Å²) in [5, 5.41) is 3.73. The second kappa shape index (κ2) is 6.30. The Kier molecular flexibility index (Phi) is 4.66. The van der Waals surface area contributed by atoms with Gasteiger partial charge in [0.2, 0.25) is 0 Å². The lowest BCUT2D eigenvalue weighted by Crippen LogP contribution is -2.29. The van der Waals surface area contributed by atoms with E-state index in [1.807, 2.05) is 0 Å². The van der Waals surface area contributed by atoms with Crippen molar-refractivity contribution in [1.29, 1.82) is 0 Å². The van der Waals surface area contributed by atoms with Crippen LogP contribution in [-0.2, 0) is 16.1 Å². The predicted octanol–water partition coefficient (Wildman–Crippen LogP) is 2.66. The zero-order valence-electron chi connectivity index (χ0n) is 11.0. The zero-order valence-corrected chi connectivity index (χ0v) is 12.6. The second-order valence-electron chi connectivity index (χ2n) is 4.14. The maximum atomic E-state index is 13.1.